The van der Waals surface area contributed by atoms with E-state index in [9.17, 15) is 5.11 Å². The Hall–Kier alpha value is -0.160. The van der Waals surface area contributed by atoms with Gasteiger partial charge in [-0.15, -0.1) is 0 Å². The highest BCUT2D eigenvalue weighted by Gasteiger charge is 2.22. The van der Waals surface area contributed by atoms with Gasteiger partial charge >= 0.3 is 0 Å². The molecule has 21 heavy (non-hydrogen) atoms. The van der Waals surface area contributed by atoms with E-state index in [1.54, 1.807) is 7.11 Å². The largest absolute Gasteiger partial charge is 0.394 e. The third-order valence-corrected chi connectivity index (χ3v) is 4.61. The normalized spacial score (nSPS) is 23.1. The number of nitrogens with zero attached hydrogens (tertiary/aromatic N) is 1. The Morgan fingerprint density at radius 3 is 2.86 bits per heavy atom. The molecule has 1 fully saturated rings. The molecule has 0 radical (unpaired) electrons. The monoisotopic (exact) mass is 300 g/mol. The van der Waals surface area contributed by atoms with E-state index < -0.39 is 0 Å². The smallest absolute Gasteiger partial charge is 0.0610 e. The number of ether oxygens (including phenoxy) is 1. The fourth-order valence-corrected chi connectivity index (χ4v) is 3.23. The Morgan fingerprint density at radius 1 is 1.38 bits per heavy atom. The fraction of sp³-hybridized carbons (Fsp3) is 1.00. The topological polar surface area (TPSA) is 44.7 Å². The van der Waals surface area contributed by atoms with Gasteiger partial charge in [0.2, 0.25) is 0 Å². The van der Waals surface area contributed by atoms with Crippen molar-refractivity contribution in [3.63, 3.8) is 0 Å². The standard InChI is InChI=1S/C17H36N2O2/c1-4-10-18-17(2,15-20)9-5-6-11-19-12-7-8-16(13-19)14-21-3/h16,18,20H,4-15H2,1-3H3. The highest BCUT2D eigenvalue weighted by Crippen LogP contribution is 2.18. The third-order valence-electron chi connectivity index (χ3n) is 4.61. The van der Waals surface area contributed by atoms with Gasteiger partial charge in [-0.2, -0.15) is 0 Å². The molecule has 1 heterocycles. The number of likely N-dealkylation sites (tertiary alicyclic amines) is 1. The second-order valence-electron chi connectivity index (χ2n) is 6.87. The highest BCUT2D eigenvalue weighted by molar-refractivity contribution is 4.82. The summed E-state index contributed by atoms with van der Waals surface area (Å²) in [7, 11) is 1.80. The zero-order valence-electron chi connectivity index (χ0n) is 14.4. The van der Waals surface area contributed by atoms with Crippen molar-refractivity contribution in [2.24, 2.45) is 5.92 Å². The van der Waals surface area contributed by atoms with E-state index in [1.165, 1.54) is 45.3 Å². The number of aliphatic hydroxyl groups is 1. The molecule has 0 amide bonds. The molecule has 0 bridgehead atoms. The van der Waals surface area contributed by atoms with Crippen molar-refractivity contribution in [2.75, 3.05) is 46.5 Å². The first-order valence-electron chi connectivity index (χ1n) is 8.70. The van der Waals surface area contributed by atoms with Crippen molar-refractivity contribution >= 4 is 0 Å². The molecule has 4 nitrogen and oxygen atoms in total. The third kappa shape index (κ3) is 7.59. The van der Waals surface area contributed by atoms with Crippen molar-refractivity contribution in [2.45, 2.75) is 57.9 Å². The fourth-order valence-electron chi connectivity index (χ4n) is 3.23. The molecule has 2 atom stereocenters. The van der Waals surface area contributed by atoms with Crippen molar-refractivity contribution in [3.05, 3.63) is 0 Å². The minimum atomic E-state index is -0.101. The number of hydrogen-bond donors (Lipinski definition) is 2. The molecule has 1 rings (SSSR count). The lowest BCUT2D eigenvalue weighted by molar-refractivity contribution is 0.0889. The zero-order chi connectivity index (χ0) is 15.6. The number of methoxy groups -OCH3 is 1. The highest BCUT2D eigenvalue weighted by atomic mass is 16.5. The van der Waals surface area contributed by atoms with Gasteiger partial charge in [-0.1, -0.05) is 13.3 Å². The maximum absolute atomic E-state index is 9.57. The summed E-state index contributed by atoms with van der Waals surface area (Å²) in [6.45, 7) is 10.0. The zero-order valence-corrected chi connectivity index (χ0v) is 14.4. The van der Waals surface area contributed by atoms with Gasteiger partial charge in [0, 0.05) is 19.2 Å². The molecular weight excluding hydrogens is 264 g/mol. The quantitative estimate of drug-likeness (QED) is 0.575. The molecule has 1 aliphatic heterocycles. The first-order valence-corrected chi connectivity index (χ1v) is 8.70. The van der Waals surface area contributed by atoms with Crippen LogP contribution in [-0.4, -0.2) is 62.0 Å². The van der Waals surface area contributed by atoms with E-state index in [0.29, 0.717) is 0 Å². The van der Waals surface area contributed by atoms with Crippen LogP contribution >= 0.6 is 0 Å². The van der Waals surface area contributed by atoms with Crippen LogP contribution in [0.4, 0.5) is 0 Å². The van der Waals surface area contributed by atoms with E-state index in [0.717, 1.165) is 31.9 Å². The number of nitrogens with one attached hydrogen (secondary N) is 1. The molecule has 1 saturated heterocycles. The maximum atomic E-state index is 9.57. The summed E-state index contributed by atoms with van der Waals surface area (Å²) in [5.41, 5.74) is -0.101. The minimum Gasteiger partial charge on any atom is -0.394 e. The number of aliphatic hydroxyl groups excluding tert-OH is 1. The predicted octanol–water partition coefficient (Wildman–Crippen LogP) is 2.27. The average molecular weight is 300 g/mol. The molecule has 0 saturated carbocycles. The van der Waals surface area contributed by atoms with E-state index in [-0.39, 0.29) is 12.1 Å². The van der Waals surface area contributed by atoms with Crippen LogP contribution in [0.25, 0.3) is 0 Å². The molecule has 1 aliphatic rings. The van der Waals surface area contributed by atoms with Crippen LogP contribution in [0.2, 0.25) is 0 Å². The summed E-state index contributed by atoms with van der Waals surface area (Å²) in [4.78, 5) is 2.59. The van der Waals surface area contributed by atoms with Gasteiger partial charge in [-0.3, -0.25) is 0 Å². The van der Waals surface area contributed by atoms with Gasteiger partial charge < -0.3 is 20.1 Å². The van der Waals surface area contributed by atoms with E-state index in [1.807, 2.05) is 0 Å². The Bertz CT molecular complexity index is 261. The summed E-state index contributed by atoms with van der Waals surface area (Å²) in [6.07, 6.45) is 7.19. The molecule has 0 aromatic rings. The Morgan fingerprint density at radius 2 is 2.19 bits per heavy atom. The van der Waals surface area contributed by atoms with Crippen LogP contribution in [0.3, 0.4) is 0 Å². The molecule has 126 valence electrons. The molecule has 2 N–H and O–H groups in total. The lowest BCUT2D eigenvalue weighted by Crippen LogP contribution is -2.46. The van der Waals surface area contributed by atoms with Gasteiger partial charge in [0.25, 0.3) is 0 Å². The maximum Gasteiger partial charge on any atom is 0.0610 e. The summed E-state index contributed by atoms with van der Waals surface area (Å²) in [5, 5.41) is 13.0. The van der Waals surface area contributed by atoms with Gasteiger partial charge in [0.15, 0.2) is 0 Å². The van der Waals surface area contributed by atoms with E-state index in [4.69, 9.17) is 4.74 Å². The van der Waals surface area contributed by atoms with Crippen LogP contribution in [0, 0.1) is 5.92 Å². The SMILES string of the molecule is CCCNC(C)(CO)CCCCN1CCCC(COC)C1. The predicted molar refractivity (Wildman–Crippen MR) is 88.7 cm³/mol. The lowest BCUT2D eigenvalue weighted by Gasteiger charge is -2.33. The molecule has 0 aromatic heterocycles. The van der Waals surface area contributed by atoms with Crippen LogP contribution in [0.5, 0.6) is 0 Å². The second-order valence-corrected chi connectivity index (χ2v) is 6.87. The van der Waals surface area contributed by atoms with Crippen molar-refractivity contribution in [1.29, 1.82) is 0 Å². The van der Waals surface area contributed by atoms with Crippen molar-refractivity contribution < 1.29 is 9.84 Å². The number of unbranched alkanes of at least 4 members (excludes halogenated alkanes) is 1. The van der Waals surface area contributed by atoms with Gasteiger partial charge in [-0.05, 0) is 64.6 Å². The molecular formula is C17H36N2O2. The van der Waals surface area contributed by atoms with Crippen LogP contribution in [0.15, 0.2) is 0 Å². The summed E-state index contributed by atoms with van der Waals surface area (Å²) in [5.74, 6) is 0.720. The van der Waals surface area contributed by atoms with Crippen LogP contribution in [-0.2, 0) is 4.74 Å². The molecule has 0 spiro atoms. The Kier molecular flexibility index (Phi) is 9.49. The first-order chi connectivity index (χ1) is 10.1. The van der Waals surface area contributed by atoms with Crippen molar-refractivity contribution in [3.8, 4) is 0 Å². The lowest BCUT2D eigenvalue weighted by atomic mass is 9.95. The minimum absolute atomic E-state index is 0.101. The van der Waals surface area contributed by atoms with E-state index >= 15 is 0 Å². The molecule has 2 unspecified atom stereocenters. The van der Waals surface area contributed by atoms with Gasteiger partial charge in [0.05, 0.1) is 13.2 Å². The van der Waals surface area contributed by atoms with Gasteiger partial charge in [0.1, 0.15) is 0 Å². The average Bonchev–Trinajstić information content (AvgIpc) is 2.50. The number of rotatable bonds is 11. The summed E-state index contributed by atoms with van der Waals surface area (Å²) >= 11 is 0. The number of piperidine rings is 1. The molecule has 0 aromatic carbocycles. The Balaban J connectivity index is 2.17. The molecule has 4 heteroatoms. The van der Waals surface area contributed by atoms with Gasteiger partial charge in [-0.25, -0.2) is 0 Å². The van der Waals surface area contributed by atoms with Crippen LogP contribution in [0.1, 0.15) is 52.4 Å². The summed E-state index contributed by atoms with van der Waals surface area (Å²) in [6, 6.07) is 0. The number of hydrogen-bond acceptors (Lipinski definition) is 4. The first kappa shape index (κ1) is 18.9. The molecule has 0 aliphatic carbocycles. The van der Waals surface area contributed by atoms with E-state index in [2.05, 4.69) is 24.1 Å². The summed E-state index contributed by atoms with van der Waals surface area (Å²) < 4.78 is 5.29. The van der Waals surface area contributed by atoms with Crippen molar-refractivity contribution in [1.82, 2.24) is 10.2 Å². The second kappa shape index (κ2) is 10.5. The van der Waals surface area contributed by atoms with Crippen LogP contribution < -0.4 is 5.32 Å². The Labute approximate surface area is 131 Å².